The van der Waals surface area contributed by atoms with E-state index < -0.39 is 0 Å². The molecule has 0 spiro atoms. The number of carbonyl (C=O) groups excluding carboxylic acids is 1. The standard InChI is InChI=1S/C20H24FN3O/c1-16(14-18-4-2-3-5-19(18)21)23-11-8-20(25)24(13-12-23)15-17-6-9-22-10-7-17/h2-7,9-10,16H,8,11-15H2,1H3/t16-/m0/s1. The van der Waals surface area contributed by atoms with Crippen LogP contribution in [0.3, 0.4) is 0 Å². The summed E-state index contributed by atoms with van der Waals surface area (Å²) in [6.07, 6.45) is 4.67. The molecule has 0 saturated carbocycles. The number of hydrogen-bond acceptors (Lipinski definition) is 3. The van der Waals surface area contributed by atoms with Gasteiger partial charge in [0, 0.05) is 51.0 Å². The van der Waals surface area contributed by atoms with E-state index in [4.69, 9.17) is 0 Å². The summed E-state index contributed by atoms with van der Waals surface area (Å²) in [4.78, 5) is 20.6. The quantitative estimate of drug-likeness (QED) is 0.839. The summed E-state index contributed by atoms with van der Waals surface area (Å²) < 4.78 is 13.9. The lowest BCUT2D eigenvalue weighted by molar-refractivity contribution is -0.130. The van der Waals surface area contributed by atoms with E-state index in [0.29, 0.717) is 25.9 Å². The molecule has 1 saturated heterocycles. The molecule has 4 nitrogen and oxygen atoms in total. The monoisotopic (exact) mass is 341 g/mol. The number of pyridine rings is 1. The van der Waals surface area contributed by atoms with Gasteiger partial charge in [0.1, 0.15) is 5.82 Å². The fourth-order valence-corrected chi connectivity index (χ4v) is 3.31. The zero-order chi connectivity index (χ0) is 17.6. The molecule has 1 aliphatic rings. The Labute approximate surface area is 148 Å². The summed E-state index contributed by atoms with van der Waals surface area (Å²) in [5.41, 5.74) is 1.83. The van der Waals surface area contributed by atoms with Gasteiger partial charge in [0.05, 0.1) is 0 Å². The number of amides is 1. The fraction of sp³-hybridized carbons (Fsp3) is 0.400. The van der Waals surface area contributed by atoms with Gasteiger partial charge in [0.25, 0.3) is 0 Å². The predicted octanol–water partition coefficient (Wildman–Crippen LogP) is 2.89. The Hall–Kier alpha value is -2.27. The maximum atomic E-state index is 13.9. The summed E-state index contributed by atoms with van der Waals surface area (Å²) in [5.74, 6) is 0.0250. The van der Waals surface area contributed by atoms with Gasteiger partial charge in [-0.05, 0) is 42.7 Å². The molecule has 2 heterocycles. The summed E-state index contributed by atoms with van der Waals surface area (Å²) in [5, 5.41) is 0. The fourth-order valence-electron chi connectivity index (χ4n) is 3.31. The number of aromatic nitrogens is 1. The highest BCUT2D eigenvalue weighted by Gasteiger charge is 2.24. The topological polar surface area (TPSA) is 36.4 Å². The first-order chi connectivity index (χ1) is 12.1. The Morgan fingerprint density at radius 1 is 1.12 bits per heavy atom. The van der Waals surface area contributed by atoms with E-state index in [2.05, 4.69) is 16.8 Å². The number of benzene rings is 1. The van der Waals surface area contributed by atoms with E-state index in [1.54, 1.807) is 18.5 Å². The molecule has 1 aromatic carbocycles. The maximum absolute atomic E-state index is 13.9. The van der Waals surface area contributed by atoms with Gasteiger partial charge >= 0.3 is 0 Å². The molecule has 0 aliphatic carbocycles. The van der Waals surface area contributed by atoms with Crippen LogP contribution in [0.25, 0.3) is 0 Å². The van der Waals surface area contributed by atoms with Gasteiger partial charge in [-0.1, -0.05) is 18.2 Å². The van der Waals surface area contributed by atoms with Crippen LogP contribution in [0.2, 0.25) is 0 Å². The lowest BCUT2D eigenvalue weighted by atomic mass is 10.1. The van der Waals surface area contributed by atoms with Crippen LogP contribution in [0, 0.1) is 5.82 Å². The van der Waals surface area contributed by atoms with Crippen molar-refractivity contribution >= 4 is 5.91 Å². The maximum Gasteiger partial charge on any atom is 0.224 e. The average molecular weight is 341 g/mol. The Bertz CT molecular complexity index is 707. The Balaban J connectivity index is 1.60. The second kappa shape index (κ2) is 8.21. The molecule has 5 heteroatoms. The van der Waals surface area contributed by atoms with Crippen LogP contribution >= 0.6 is 0 Å². The van der Waals surface area contributed by atoms with Crippen LogP contribution in [0.5, 0.6) is 0 Å². The summed E-state index contributed by atoms with van der Waals surface area (Å²) in [6.45, 7) is 4.96. The van der Waals surface area contributed by atoms with Gasteiger partial charge in [0.2, 0.25) is 5.91 Å². The molecule has 2 aromatic rings. The molecular formula is C20H24FN3O. The minimum absolute atomic E-state index is 0.153. The summed E-state index contributed by atoms with van der Waals surface area (Å²) >= 11 is 0. The van der Waals surface area contributed by atoms with Crippen molar-refractivity contribution < 1.29 is 9.18 Å². The van der Waals surface area contributed by atoms with Crippen LogP contribution in [-0.2, 0) is 17.8 Å². The van der Waals surface area contributed by atoms with E-state index >= 15 is 0 Å². The summed E-state index contributed by atoms with van der Waals surface area (Å²) in [7, 11) is 0. The van der Waals surface area contributed by atoms with Gasteiger partial charge in [0.15, 0.2) is 0 Å². The molecule has 132 valence electrons. The van der Waals surface area contributed by atoms with Crippen molar-refractivity contribution in [2.24, 2.45) is 0 Å². The lowest BCUT2D eigenvalue weighted by Gasteiger charge is -2.28. The Morgan fingerprint density at radius 3 is 2.64 bits per heavy atom. The molecule has 25 heavy (non-hydrogen) atoms. The van der Waals surface area contributed by atoms with E-state index in [1.807, 2.05) is 29.2 Å². The number of carbonyl (C=O) groups is 1. The molecule has 1 fully saturated rings. The number of halogens is 1. The zero-order valence-corrected chi connectivity index (χ0v) is 14.6. The minimum atomic E-state index is -0.153. The molecule has 1 atom stereocenters. The van der Waals surface area contributed by atoms with Gasteiger partial charge < -0.3 is 4.90 Å². The normalized spacial score (nSPS) is 17.4. The number of rotatable bonds is 5. The highest BCUT2D eigenvalue weighted by Crippen LogP contribution is 2.16. The summed E-state index contributed by atoms with van der Waals surface area (Å²) in [6, 6.07) is 11.0. The van der Waals surface area contributed by atoms with Gasteiger partial charge in [-0.15, -0.1) is 0 Å². The second-order valence-corrected chi connectivity index (χ2v) is 6.60. The molecule has 1 aliphatic heterocycles. The van der Waals surface area contributed by atoms with E-state index in [0.717, 1.165) is 24.2 Å². The second-order valence-electron chi connectivity index (χ2n) is 6.60. The molecule has 3 rings (SSSR count). The van der Waals surface area contributed by atoms with Crippen LogP contribution < -0.4 is 0 Å². The van der Waals surface area contributed by atoms with Crippen molar-refractivity contribution in [3.63, 3.8) is 0 Å². The van der Waals surface area contributed by atoms with E-state index in [-0.39, 0.29) is 17.8 Å². The van der Waals surface area contributed by atoms with Gasteiger partial charge in [-0.2, -0.15) is 0 Å². The first-order valence-electron chi connectivity index (χ1n) is 8.77. The molecule has 0 N–H and O–H groups in total. The van der Waals surface area contributed by atoms with E-state index in [9.17, 15) is 9.18 Å². The van der Waals surface area contributed by atoms with E-state index in [1.165, 1.54) is 6.07 Å². The predicted molar refractivity (Wildman–Crippen MR) is 95.4 cm³/mol. The molecule has 1 aromatic heterocycles. The lowest BCUT2D eigenvalue weighted by Crippen LogP contribution is -2.38. The van der Waals surface area contributed by atoms with Crippen LogP contribution in [-0.4, -0.2) is 46.4 Å². The van der Waals surface area contributed by atoms with Gasteiger partial charge in [-0.25, -0.2) is 4.39 Å². The molecular weight excluding hydrogens is 317 g/mol. The van der Waals surface area contributed by atoms with Crippen molar-refractivity contribution in [1.82, 2.24) is 14.8 Å². The van der Waals surface area contributed by atoms with Crippen molar-refractivity contribution in [3.05, 3.63) is 65.7 Å². The van der Waals surface area contributed by atoms with Crippen molar-refractivity contribution in [3.8, 4) is 0 Å². The number of nitrogens with zero attached hydrogens (tertiary/aromatic N) is 3. The van der Waals surface area contributed by atoms with Gasteiger partial charge in [-0.3, -0.25) is 14.7 Å². The first kappa shape index (κ1) is 17.5. The van der Waals surface area contributed by atoms with Crippen molar-refractivity contribution in [2.75, 3.05) is 19.6 Å². The first-order valence-corrected chi connectivity index (χ1v) is 8.77. The molecule has 0 bridgehead atoms. The van der Waals surface area contributed by atoms with Crippen molar-refractivity contribution in [1.29, 1.82) is 0 Å². The molecule has 1 amide bonds. The van der Waals surface area contributed by atoms with Crippen LogP contribution in [0.15, 0.2) is 48.8 Å². The number of hydrogen-bond donors (Lipinski definition) is 0. The zero-order valence-electron chi connectivity index (χ0n) is 14.6. The third-order valence-electron chi connectivity index (χ3n) is 4.84. The highest BCUT2D eigenvalue weighted by atomic mass is 19.1. The largest absolute Gasteiger partial charge is 0.337 e. The van der Waals surface area contributed by atoms with Crippen LogP contribution in [0.4, 0.5) is 4.39 Å². The molecule has 0 unspecified atom stereocenters. The smallest absolute Gasteiger partial charge is 0.224 e. The minimum Gasteiger partial charge on any atom is -0.337 e. The van der Waals surface area contributed by atoms with Crippen molar-refractivity contribution in [2.45, 2.75) is 32.4 Å². The Morgan fingerprint density at radius 2 is 1.88 bits per heavy atom. The average Bonchev–Trinajstić information content (AvgIpc) is 2.80. The van der Waals surface area contributed by atoms with Crippen LogP contribution in [0.1, 0.15) is 24.5 Å². The third kappa shape index (κ3) is 4.63. The molecule has 0 radical (unpaired) electrons. The Kier molecular flexibility index (Phi) is 5.76. The SMILES string of the molecule is C[C@@H](Cc1ccccc1F)N1CCC(=O)N(Cc2ccncc2)CC1. The highest BCUT2D eigenvalue weighted by molar-refractivity contribution is 5.76. The third-order valence-corrected chi connectivity index (χ3v) is 4.84.